The molecule has 2 atom stereocenters. The van der Waals surface area contributed by atoms with Crippen molar-refractivity contribution in [2.24, 2.45) is 17.8 Å². The molecule has 30 heavy (non-hydrogen) atoms. The van der Waals surface area contributed by atoms with E-state index in [0.29, 0.717) is 30.1 Å². The lowest BCUT2D eigenvalue weighted by molar-refractivity contribution is -0.125. The summed E-state index contributed by atoms with van der Waals surface area (Å²) in [6.07, 6.45) is 1.53. The van der Waals surface area contributed by atoms with E-state index in [-0.39, 0.29) is 29.8 Å². The Labute approximate surface area is 175 Å². The van der Waals surface area contributed by atoms with Gasteiger partial charge in [-0.25, -0.2) is 9.78 Å². The summed E-state index contributed by atoms with van der Waals surface area (Å²) in [5.41, 5.74) is -0.226. The first-order chi connectivity index (χ1) is 14.0. The predicted molar refractivity (Wildman–Crippen MR) is 109 cm³/mol. The Balaban J connectivity index is 1.43. The number of rotatable bonds is 3. The SMILES string of the molecule is CC(C)(C)OC(=O)N1CC2C(C1)C2C(=O)NC(C)(C)c1nc(C#N)c2ccccn12. The van der Waals surface area contributed by atoms with Gasteiger partial charge in [0.05, 0.1) is 11.1 Å². The number of likely N-dealkylation sites (tertiary alicyclic amines) is 1. The summed E-state index contributed by atoms with van der Waals surface area (Å²) in [6, 6.07) is 7.68. The minimum atomic E-state index is -0.752. The molecule has 2 fully saturated rings. The van der Waals surface area contributed by atoms with Gasteiger partial charge in [0.1, 0.15) is 17.5 Å². The molecule has 0 spiro atoms. The molecule has 4 rings (SSSR count). The second-order valence-corrected chi connectivity index (χ2v) is 9.70. The highest BCUT2D eigenvalue weighted by atomic mass is 16.6. The van der Waals surface area contributed by atoms with E-state index >= 15 is 0 Å². The van der Waals surface area contributed by atoms with Crippen LogP contribution in [0.3, 0.4) is 0 Å². The molecule has 158 valence electrons. The van der Waals surface area contributed by atoms with E-state index in [9.17, 15) is 14.9 Å². The summed E-state index contributed by atoms with van der Waals surface area (Å²) in [7, 11) is 0. The molecular weight excluding hydrogens is 382 g/mol. The van der Waals surface area contributed by atoms with Gasteiger partial charge in [0.2, 0.25) is 5.91 Å². The van der Waals surface area contributed by atoms with Gasteiger partial charge in [-0.15, -0.1) is 0 Å². The molecule has 2 unspecified atom stereocenters. The van der Waals surface area contributed by atoms with Gasteiger partial charge in [0.25, 0.3) is 0 Å². The van der Waals surface area contributed by atoms with E-state index in [0.717, 1.165) is 0 Å². The maximum Gasteiger partial charge on any atom is 0.410 e. The highest BCUT2D eigenvalue weighted by Gasteiger charge is 2.61. The van der Waals surface area contributed by atoms with Crippen LogP contribution in [0.25, 0.3) is 5.52 Å². The highest BCUT2D eigenvalue weighted by Crippen LogP contribution is 2.52. The van der Waals surface area contributed by atoms with Crippen molar-refractivity contribution in [2.45, 2.75) is 45.8 Å². The number of hydrogen-bond acceptors (Lipinski definition) is 5. The summed E-state index contributed by atoms with van der Waals surface area (Å²) in [4.78, 5) is 31.4. The number of hydrogen-bond donors (Lipinski definition) is 1. The summed E-state index contributed by atoms with van der Waals surface area (Å²) < 4.78 is 7.27. The molecule has 1 aliphatic heterocycles. The third-order valence-corrected chi connectivity index (χ3v) is 5.80. The third kappa shape index (κ3) is 3.49. The lowest BCUT2D eigenvalue weighted by Crippen LogP contribution is -2.45. The van der Waals surface area contributed by atoms with E-state index in [2.05, 4.69) is 16.4 Å². The number of imidazole rings is 1. The fourth-order valence-electron chi connectivity index (χ4n) is 4.40. The quantitative estimate of drug-likeness (QED) is 0.840. The van der Waals surface area contributed by atoms with Crippen molar-refractivity contribution < 1.29 is 14.3 Å². The minimum Gasteiger partial charge on any atom is -0.444 e. The fraction of sp³-hybridized carbons (Fsp3) is 0.545. The molecule has 1 saturated heterocycles. The van der Waals surface area contributed by atoms with Gasteiger partial charge in [-0.05, 0) is 58.6 Å². The van der Waals surface area contributed by atoms with Crippen molar-refractivity contribution in [2.75, 3.05) is 13.1 Å². The molecule has 0 bridgehead atoms. The number of piperidine rings is 1. The predicted octanol–water partition coefficient (Wildman–Crippen LogP) is 2.67. The second-order valence-electron chi connectivity index (χ2n) is 9.70. The van der Waals surface area contributed by atoms with Crippen molar-refractivity contribution in [1.29, 1.82) is 5.26 Å². The number of fused-ring (bicyclic) bond motifs is 2. The molecule has 8 heteroatoms. The van der Waals surface area contributed by atoms with Crippen LogP contribution in [0.2, 0.25) is 0 Å². The summed E-state index contributed by atoms with van der Waals surface area (Å²) in [5.74, 6) is 0.804. The van der Waals surface area contributed by atoms with Gasteiger partial charge in [0, 0.05) is 25.2 Å². The number of amides is 2. The maximum atomic E-state index is 13.0. The van der Waals surface area contributed by atoms with Crippen LogP contribution in [-0.2, 0) is 15.1 Å². The van der Waals surface area contributed by atoms with E-state index in [1.54, 1.807) is 4.90 Å². The third-order valence-electron chi connectivity index (χ3n) is 5.80. The van der Waals surface area contributed by atoms with Gasteiger partial charge in [0.15, 0.2) is 5.69 Å². The van der Waals surface area contributed by atoms with Crippen molar-refractivity contribution >= 4 is 17.5 Å². The van der Waals surface area contributed by atoms with E-state index < -0.39 is 11.1 Å². The molecule has 2 aliphatic rings. The number of nitrogens with one attached hydrogen (secondary N) is 1. The van der Waals surface area contributed by atoms with Gasteiger partial charge in [-0.3, -0.25) is 4.79 Å². The smallest absolute Gasteiger partial charge is 0.410 e. The second kappa shape index (κ2) is 6.73. The average molecular weight is 409 g/mol. The number of pyridine rings is 1. The molecule has 1 saturated carbocycles. The Morgan fingerprint density at radius 1 is 1.20 bits per heavy atom. The van der Waals surface area contributed by atoms with Crippen LogP contribution in [0.4, 0.5) is 4.79 Å². The van der Waals surface area contributed by atoms with Crippen LogP contribution < -0.4 is 5.32 Å². The highest BCUT2D eigenvalue weighted by molar-refractivity contribution is 5.84. The van der Waals surface area contributed by atoms with Crippen LogP contribution in [0.1, 0.15) is 46.1 Å². The zero-order valence-electron chi connectivity index (χ0n) is 18.0. The topological polar surface area (TPSA) is 99.7 Å². The number of carbonyl (C=O) groups is 2. The first-order valence-corrected chi connectivity index (χ1v) is 10.2. The molecule has 3 heterocycles. The average Bonchev–Trinajstić information content (AvgIpc) is 3.01. The van der Waals surface area contributed by atoms with Crippen molar-refractivity contribution in [3.05, 3.63) is 35.9 Å². The first-order valence-electron chi connectivity index (χ1n) is 10.2. The Morgan fingerprint density at radius 2 is 1.87 bits per heavy atom. The number of nitrogens with zero attached hydrogens (tertiary/aromatic N) is 4. The Kier molecular flexibility index (Phi) is 4.53. The number of carbonyl (C=O) groups excluding carboxylic acids is 2. The lowest BCUT2D eigenvalue weighted by atomic mass is 10.0. The van der Waals surface area contributed by atoms with E-state index in [1.165, 1.54) is 0 Å². The minimum absolute atomic E-state index is 0.0370. The molecule has 0 aromatic carbocycles. The van der Waals surface area contributed by atoms with Crippen LogP contribution in [0.15, 0.2) is 24.4 Å². The van der Waals surface area contributed by atoms with Gasteiger partial charge in [-0.1, -0.05) is 6.07 Å². The largest absolute Gasteiger partial charge is 0.444 e. The van der Waals surface area contributed by atoms with E-state index in [1.807, 2.05) is 63.4 Å². The fourth-order valence-corrected chi connectivity index (χ4v) is 4.40. The Hall–Kier alpha value is -3.08. The van der Waals surface area contributed by atoms with Crippen LogP contribution >= 0.6 is 0 Å². The zero-order valence-corrected chi connectivity index (χ0v) is 18.0. The standard InChI is InChI=1S/C22H27N5O3/c1-21(2,3)30-20(29)26-11-13-14(12-26)17(13)18(28)25-22(4,5)19-24-15(10-23)16-8-6-7-9-27(16)19/h6-9,13-14,17H,11-12H2,1-5H3,(H,25,28). The molecule has 2 aromatic heterocycles. The summed E-state index contributed by atoms with van der Waals surface area (Å²) >= 11 is 0. The van der Waals surface area contributed by atoms with Crippen LogP contribution in [-0.4, -0.2) is 45.0 Å². The van der Waals surface area contributed by atoms with E-state index in [4.69, 9.17) is 4.74 Å². The Bertz CT molecular complexity index is 1050. The summed E-state index contributed by atoms with van der Waals surface area (Å²) in [6.45, 7) is 10.4. The molecule has 8 nitrogen and oxygen atoms in total. The van der Waals surface area contributed by atoms with Gasteiger partial charge >= 0.3 is 6.09 Å². The molecule has 0 radical (unpaired) electrons. The molecule has 1 aliphatic carbocycles. The Morgan fingerprint density at radius 3 is 2.47 bits per heavy atom. The van der Waals surface area contributed by atoms with Crippen molar-refractivity contribution in [3.8, 4) is 6.07 Å². The number of ether oxygens (including phenoxy) is 1. The van der Waals surface area contributed by atoms with Crippen LogP contribution in [0.5, 0.6) is 0 Å². The summed E-state index contributed by atoms with van der Waals surface area (Å²) in [5, 5.41) is 12.5. The molecule has 1 N–H and O–H groups in total. The van der Waals surface area contributed by atoms with Gasteiger partial charge < -0.3 is 19.4 Å². The normalized spacial score (nSPS) is 23.1. The van der Waals surface area contributed by atoms with Crippen molar-refractivity contribution in [1.82, 2.24) is 19.6 Å². The zero-order chi connectivity index (χ0) is 21.8. The number of aromatic nitrogens is 2. The van der Waals surface area contributed by atoms with Crippen LogP contribution in [0, 0.1) is 29.1 Å². The monoisotopic (exact) mass is 409 g/mol. The maximum absolute atomic E-state index is 13.0. The number of nitriles is 1. The van der Waals surface area contributed by atoms with Gasteiger partial charge in [-0.2, -0.15) is 5.26 Å². The first kappa shape index (κ1) is 20.2. The van der Waals surface area contributed by atoms with Crippen molar-refractivity contribution in [3.63, 3.8) is 0 Å². The molecule has 2 amide bonds. The molecular formula is C22H27N5O3. The lowest BCUT2D eigenvalue weighted by Gasteiger charge is -2.27. The molecule has 2 aromatic rings.